The molecule has 2 heterocycles. The fraction of sp³-hybridized carbons (Fsp3) is 1.00. The van der Waals surface area contributed by atoms with Crippen LogP contribution in [-0.4, -0.2) is 29.1 Å². The number of hydrogen-bond acceptors (Lipinski definition) is 2. The molecular formula is C15H30N2. The van der Waals surface area contributed by atoms with Crippen LogP contribution in [0.4, 0.5) is 0 Å². The molecule has 0 aromatic heterocycles. The van der Waals surface area contributed by atoms with E-state index in [0.29, 0.717) is 6.04 Å². The summed E-state index contributed by atoms with van der Waals surface area (Å²) in [7, 11) is 0. The van der Waals surface area contributed by atoms with Gasteiger partial charge < -0.3 is 5.73 Å². The molecule has 0 amide bonds. The Balaban J connectivity index is 1.77. The van der Waals surface area contributed by atoms with E-state index in [0.717, 1.165) is 18.1 Å². The van der Waals surface area contributed by atoms with Gasteiger partial charge in [0, 0.05) is 24.2 Å². The first-order valence-corrected chi connectivity index (χ1v) is 7.75. The lowest BCUT2D eigenvalue weighted by molar-refractivity contribution is 0.0799. The lowest BCUT2D eigenvalue weighted by Gasteiger charge is -2.41. The number of nitrogens with zero attached hydrogens (tertiary/aromatic N) is 1. The Morgan fingerprint density at radius 2 is 1.76 bits per heavy atom. The van der Waals surface area contributed by atoms with Crippen LogP contribution in [0.15, 0.2) is 0 Å². The summed E-state index contributed by atoms with van der Waals surface area (Å²) in [6.07, 6.45) is 12.3. The van der Waals surface area contributed by atoms with E-state index >= 15 is 0 Å². The highest BCUT2D eigenvalue weighted by Crippen LogP contribution is 2.37. The molecule has 2 aliphatic heterocycles. The van der Waals surface area contributed by atoms with Gasteiger partial charge in [0.2, 0.25) is 0 Å². The molecule has 2 saturated heterocycles. The molecule has 0 spiro atoms. The highest BCUT2D eigenvalue weighted by Gasteiger charge is 2.41. The maximum Gasteiger partial charge on any atom is 0.0116 e. The van der Waals surface area contributed by atoms with Gasteiger partial charge in [-0.3, -0.25) is 4.90 Å². The van der Waals surface area contributed by atoms with Crippen molar-refractivity contribution in [2.24, 2.45) is 5.73 Å². The summed E-state index contributed by atoms with van der Waals surface area (Å²) in [5, 5.41) is 0. The third kappa shape index (κ3) is 3.23. The molecule has 2 nitrogen and oxygen atoms in total. The smallest absolute Gasteiger partial charge is 0.0116 e. The lowest BCUT2D eigenvalue weighted by Crippen LogP contribution is -2.51. The number of nitrogens with two attached hydrogens (primary N) is 1. The minimum atomic E-state index is 0.482. The third-order valence-electron chi connectivity index (χ3n) is 4.81. The summed E-state index contributed by atoms with van der Waals surface area (Å²) in [6.45, 7) is 4.73. The van der Waals surface area contributed by atoms with E-state index in [1.165, 1.54) is 57.8 Å². The van der Waals surface area contributed by atoms with E-state index in [1.54, 1.807) is 0 Å². The van der Waals surface area contributed by atoms with Gasteiger partial charge >= 0.3 is 0 Å². The van der Waals surface area contributed by atoms with E-state index in [4.69, 9.17) is 5.73 Å². The Bertz CT molecular complexity index is 215. The second-order valence-corrected chi connectivity index (χ2v) is 6.26. The van der Waals surface area contributed by atoms with Gasteiger partial charge in [0.15, 0.2) is 0 Å². The van der Waals surface area contributed by atoms with Gasteiger partial charge in [0.05, 0.1) is 0 Å². The predicted molar refractivity (Wildman–Crippen MR) is 74.1 cm³/mol. The Morgan fingerprint density at radius 1 is 1.12 bits per heavy atom. The maximum atomic E-state index is 6.13. The highest BCUT2D eigenvalue weighted by molar-refractivity contribution is 4.98. The summed E-state index contributed by atoms with van der Waals surface area (Å²) < 4.78 is 0. The molecule has 2 bridgehead atoms. The Morgan fingerprint density at radius 3 is 2.35 bits per heavy atom. The topological polar surface area (TPSA) is 29.3 Å². The van der Waals surface area contributed by atoms with Crippen molar-refractivity contribution in [2.45, 2.75) is 95.8 Å². The monoisotopic (exact) mass is 238 g/mol. The molecule has 3 unspecified atom stereocenters. The number of piperidine rings is 1. The van der Waals surface area contributed by atoms with E-state index < -0.39 is 0 Å². The van der Waals surface area contributed by atoms with Crippen molar-refractivity contribution < 1.29 is 0 Å². The number of hydrogen-bond donors (Lipinski definition) is 1. The van der Waals surface area contributed by atoms with Gasteiger partial charge in [-0.25, -0.2) is 0 Å². The second kappa shape index (κ2) is 6.19. The quantitative estimate of drug-likeness (QED) is 0.719. The average molecular weight is 238 g/mol. The zero-order valence-electron chi connectivity index (χ0n) is 11.7. The highest BCUT2D eigenvalue weighted by atomic mass is 15.2. The first-order valence-electron chi connectivity index (χ1n) is 7.75. The summed E-state index contributed by atoms with van der Waals surface area (Å²) in [6, 6.07) is 2.89. The number of rotatable bonds is 6. The Labute approximate surface area is 107 Å². The molecule has 100 valence electrons. The van der Waals surface area contributed by atoms with Gasteiger partial charge in [0.1, 0.15) is 0 Å². The van der Waals surface area contributed by atoms with Gasteiger partial charge in [0.25, 0.3) is 0 Å². The zero-order chi connectivity index (χ0) is 12.3. The molecule has 0 aliphatic carbocycles. The Hall–Kier alpha value is -0.0800. The van der Waals surface area contributed by atoms with Crippen molar-refractivity contribution >= 4 is 0 Å². The SMILES string of the molecule is CCCCCCC(C)N1C2CCC1CC(N)C2. The molecule has 0 saturated carbocycles. The molecule has 2 N–H and O–H groups in total. The molecule has 2 aliphatic rings. The van der Waals surface area contributed by atoms with E-state index in [1.807, 2.05) is 0 Å². The van der Waals surface area contributed by atoms with Gasteiger partial charge in [-0.15, -0.1) is 0 Å². The van der Waals surface area contributed by atoms with E-state index in [2.05, 4.69) is 18.7 Å². The van der Waals surface area contributed by atoms with Crippen molar-refractivity contribution in [2.75, 3.05) is 0 Å². The van der Waals surface area contributed by atoms with Crippen LogP contribution in [0.2, 0.25) is 0 Å². The third-order valence-corrected chi connectivity index (χ3v) is 4.81. The van der Waals surface area contributed by atoms with Gasteiger partial charge in [-0.2, -0.15) is 0 Å². The van der Waals surface area contributed by atoms with E-state index in [-0.39, 0.29) is 0 Å². The molecule has 2 heteroatoms. The normalized spacial score (nSPS) is 35.1. The minimum absolute atomic E-state index is 0.482. The summed E-state index contributed by atoms with van der Waals surface area (Å²) in [5.74, 6) is 0. The molecule has 0 aromatic carbocycles. The molecule has 2 rings (SSSR count). The fourth-order valence-electron chi connectivity index (χ4n) is 3.99. The van der Waals surface area contributed by atoms with Crippen LogP contribution in [-0.2, 0) is 0 Å². The molecule has 17 heavy (non-hydrogen) atoms. The lowest BCUT2D eigenvalue weighted by atomic mass is 9.95. The van der Waals surface area contributed by atoms with Crippen molar-refractivity contribution in [1.82, 2.24) is 4.90 Å². The van der Waals surface area contributed by atoms with Crippen molar-refractivity contribution in [3.8, 4) is 0 Å². The molecule has 2 fully saturated rings. The minimum Gasteiger partial charge on any atom is -0.328 e. The Kier molecular flexibility index (Phi) is 4.87. The van der Waals surface area contributed by atoms with Crippen LogP contribution in [0.5, 0.6) is 0 Å². The van der Waals surface area contributed by atoms with Crippen LogP contribution in [0.1, 0.15) is 71.6 Å². The number of fused-ring (bicyclic) bond motifs is 2. The van der Waals surface area contributed by atoms with Crippen molar-refractivity contribution in [3.05, 3.63) is 0 Å². The summed E-state index contributed by atoms with van der Waals surface area (Å²) in [5.41, 5.74) is 6.13. The molecule has 0 aromatic rings. The van der Waals surface area contributed by atoms with Crippen LogP contribution in [0.25, 0.3) is 0 Å². The number of unbranched alkanes of at least 4 members (excludes halogenated alkanes) is 3. The second-order valence-electron chi connectivity index (χ2n) is 6.26. The van der Waals surface area contributed by atoms with Crippen molar-refractivity contribution in [3.63, 3.8) is 0 Å². The average Bonchev–Trinajstić information content (AvgIpc) is 2.57. The molecular weight excluding hydrogens is 208 g/mol. The van der Waals surface area contributed by atoms with Crippen LogP contribution >= 0.6 is 0 Å². The largest absolute Gasteiger partial charge is 0.328 e. The van der Waals surface area contributed by atoms with Gasteiger partial charge in [-0.05, 0) is 39.0 Å². The predicted octanol–water partition coefficient (Wildman–Crippen LogP) is 3.30. The van der Waals surface area contributed by atoms with Gasteiger partial charge in [-0.1, -0.05) is 32.6 Å². The summed E-state index contributed by atoms with van der Waals surface area (Å²) in [4.78, 5) is 2.81. The molecule has 0 radical (unpaired) electrons. The maximum absolute atomic E-state index is 6.13. The first kappa shape index (κ1) is 13.4. The van der Waals surface area contributed by atoms with Crippen molar-refractivity contribution in [1.29, 1.82) is 0 Å². The first-order chi connectivity index (χ1) is 8.22. The fourth-order valence-corrected chi connectivity index (χ4v) is 3.99. The molecule has 3 atom stereocenters. The zero-order valence-corrected chi connectivity index (χ0v) is 11.7. The van der Waals surface area contributed by atoms with Crippen LogP contribution < -0.4 is 5.73 Å². The standard InChI is InChI=1S/C15H30N2/c1-3-4-5-6-7-12(2)17-14-8-9-15(17)11-13(16)10-14/h12-15H,3-11,16H2,1-2H3. The van der Waals surface area contributed by atoms with Crippen LogP contribution in [0.3, 0.4) is 0 Å². The van der Waals surface area contributed by atoms with E-state index in [9.17, 15) is 0 Å². The van der Waals surface area contributed by atoms with Crippen LogP contribution in [0, 0.1) is 0 Å². The summed E-state index contributed by atoms with van der Waals surface area (Å²) >= 11 is 0.